The summed E-state index contributed by atoms with van der Waals surface area (Å²) in [5.74, 6) is 1.90. The second-order valence-electron chi connectivity index (χ2n) is 11.6. The average molecular weight is 853 g/mol. The number of aromatic nitrogens is 2. The molecule has 6 nitrogen and oxygen atoms in total. The highest BCUT2D eigenvalue weighted by atomic mass is 127. The van der Waals surface area contributed by atoms with Gasteiger partial charge >= 0.3 is 6.97 Å². The Morgan fingerprint density at radius 3 is 2.26 bits per heavy atom. The number of fused-ring (bicyclic) bond motifs is 5. The molecule has 11 heteroatoms. The van der Waals surface area contributed by atoms with Crippen LogP contribution in [0, 0.1) is 3.57 Å². The van der Waals surface area contributed by atoms with Gasteiger partial charge in [-0.2, -0.15) is 0 Å². The van der Waals surface area contributed by atoms with Crippen molar-refractivity contribution in [2.45, 2.75) is 12.8 Å². The van der Waals surface area contributed by atoms with E-state index >= 15 is 8.63 Å². The minimum atomic E-state index is -4.44. The van der Waals surface area contributed by atoms with Gasteiger partial charge in [0.05, 0.1) is 29.1 Å². The summed E-state index contributed by atoms with van der Waals surface area (Å²) in [6.45, 7) is -4.44. The number of methoxy groups -OCH3 is 2. The molecule has 0 fully saturated rings. The van der Waals surface area contributed by atoms with Crippen molar-refractivity contribution in [3.05, 3.63) is 123 Å². The molecule has 0 amide bonds. The van der Waals surface area contributed by atoms with Crippen LogP contribution in [0.3, 0.4) is 0 Å². The molecule has 5 aromatic rings. The number of ether oxygens (including phenoxy) is 2. The molecule has 1 aliphatic carbocycles. The standard InChI is InChI=1S/C36H29BF2IN4O2.HI/c1-42-20-8-7-11-29(42)31-32(40)33(23-12-15-25(45-2)16-13-23)43-36(31)41-35-30(22-9-5-4-6-10-22)28-18-14-24-21-26(46-3)17-19-27(24)34(28)44(35)37(43,38)39;/h4-13,15-17,19-21H,14,18H2,1-3H3;1H/q+1;. The number of nitrogens with zero attached hydrogens (tertiary/aromatic N) is 4. The Hall–Kier alpha value is -3.85. The van der Waals surface area contributed by atoms with E-state index in [4.69, 9.17) is 14.5 Å². The summed E-state index contributed by atoms with van der Waals surface area (Å²) < 4.78 is 51.8. The van der Waals surface area contributed by atoms with Crippen molar-refractivity contribution in [1.29, 1.82) is 0 Å². The van der Waals surface area contributed by atoms with Gasteiger partial charge in [-0.15, -0.1) is 24.0 Å². The minimum absolute atomic E-state index is 0. The smallest absolute Gasteiger partial charge is 0.497 e. The zero-order valence-corrected chi connectivity index (χ0v) is 30.4. The molecule has 3 aliphatic rings. The Labute approximate surface area is 302 Å². The summed E-state index contributed by atoms with van der Waals surface area (Å²) in [5.41, 5.74) is 7.37. The third kappa shape index (κ3) is 4.79. The lowest BCUT2D eigenvalue weighted by Gasteiger charge is -2.33. The van der Waals surface area contributed by atoms with Crippen LogP contribution in [-0.4, -0.2) is 41.7 Å². The third-order valence-corrected chi connectivity index (χ3v) is 10.2. The maximum atomic E-state index is 17.9. The van der Waals surface area contributed by atoms with Crippen LogP contribution in [0.15, 0.2) is 108 Å². The molecule has 0 N–H and O–H groups in total. The van der Waals surface area contributed by atoms with Gasteiger partial charge in [0.2, 0.25) is 11.5 Å². The molecule has 2 aliphatic heterocycles. The number of rotatable bonds is 5. The number of benzene rings is 3. The van der Waals surface area contributed by atoms with E-state index in [0.29, 0.717) is 50.4 Å². The topological polar surface area (TPSA) is 42.6 Å². The molecule has 0 bridgehead atoms. The molecule has 0 saturated carbocycles. The lowest BCUT2D eigenvalue weighted by molar-refractivity contribution is -0.660. The van der Waals surface area contributed by atoms with Gasteiger partial charge < -0.3 is 27.1 Å². The van der Waals surface area contributed by atoms with E-state index in [1.165, 1.54) is 8.96 Å². The second kappa shape index (κ2) is 12.0. The molecular formula is C36H30BF2I2N4O2+. The number of amidine groups is 1. The summed E-state index contributed by atoms with van der Waals surface area (Å²) in [5, 5.41) is 0. The van der Waals surface area contributed by atoms with Crippen molar-refractivity contribution in [3.63, 3.8) is 0 Å². The van der Waals surface area contributed by atoms with Gasteiger partial charge in [0.1, 0.15) is 24.1 Å². The predicted molar refractivity (Wildman–Crippen MR) is 201 cm³/mol. The molecule has 2 aromatic heterocycles. The molecule has 0 radical (unpaired) electrons. The normalized spacial score (nSPS) is 15.7. The van der Waals surface area contributed by atoms with E-state index in [9.17, 15) is 0 Å². The molecule has 8 rings (SSSR count). The molecule has 0 spiro atoms. The third-order valence-electron chi connectivity index (χ3n) is 9.18. The summed E-state index contributed by atoms with van der Waals surface area (Å²) in [6, 6.07) is 28.6. The van der Waals surface area contributed by atoms with Gasteiger partial charge in [-0.05, 0) is 106 Å². The van der Waals surface area contributed by atoms with Crippen molar-refractivity contribution in [2.75, 3.05) is 14.2 Å². The van der Waals surface area contributed by atoms with E-state index in [0.717, 1.165) is 33.5 Å². The molecule has 0 saturated heterocycles. The Morgan fingerprint density at radius 1 is 0.851 bits per heavy atom. The molecule has 3 aromatic carbocycles. The van der Waals surface area contributed by atoms with Crippen molar-refractivity contribution in [2.24, 2.45) is 12.0 Å². The van der Waals surface area contributed by atoms with Crippen molar-refractivity contribution in [1.82, 2.24) is 4.48 Å². The first-order valence-electron chi connectivity index (χ1n) is 15.1. The van der Waals surface area contributed by atoms with Crippen LogP contribution in [0.2, 0.25) is 0 Å². The van der Waals surface area contributed by atoms with Crippen molar-refractivity contribution in [3.8, 4) is 34.0 Å². The maximum Gasteiger partial charge on any atom is 0.642 e. The van der Waals surface area contributed by atoms with Crippen LogP contribution in [0.25, 0.3) is 28.1 Å². The Bertz CT molecular complexity index is 2180. The SMILES string of the molecule is COc1ccc(-c2c(I)c(-c3cccc[n+]3C)c3n2[B-](F)(F)[N+]2=C4C(=C(c5ccccc5)C2=N3)CCc2cc(OC)ccc24)cc1.I. The number of aryl methyl sites for hydroxylation is 2. The quantitative estimate of drug-likeness (QED) is 0.102. The first kappa shape index (κ1) is 31.7. The van der Waals surface area contributed by atoms with Gasteiger partial charge in [-0.3, -0.25) is 0 Å². The summed E-state index contributed by atoms with van der Waals surface area (Å²) in [6.07, 6.45) is 3.25. The molecule has 236 valence electrons. The van der Waals surface area contributed by atoms with Gasteiger partial charge in [0.15, 0.2) is 6.20 Å². The van der Waals surface area contributed by atoms with Gasteiger partial charge in [-0.1, -0.05) is 30.3 Å². The zero-order chi connectivity index (χ0) is 31.7. The lowest BCUT2D eigenvalue weighted by Crippen LogP contribution is -2.53. The van der Waals surface area contributed by atoms with Crippen LogP contribution in [0.1, 0.15) is 23.1 Å². The Balaban J connectivity index is 0.00000351. The molecule has 47 heavy (non-hydrogen) atoms. The predicted octanol–water partition coefficient (Wildman–Crippen LogP) is 8.07. The van der Waals surface area contributed by atoms with Crippen molar-refractivity contribution < 1.29 is 27.2 Å². The molecular weight excluding hydrogens is 823 g/mol. The van der Waals surface area contributed by atoms with Gasteiger partial charge in [0.25, 0.3) is 5.84 Å². The average Bonchev–Trinajstić information content (AvgIpc) is 3.58. The largest absolute Gasteiger partial charge is 0.642 e. The first-order valence-corrected chi connectivity index (χ1v) is 16.2. The highest BCUT2D eigenvalue weighted by molar-refractivity contribution is 14.1. The highest BCUT2D eigenvalue weighted by Crippen LogP contribution is 2.50. The van der Waals surface area contributed by atoms with Crippen LogP contribution < -0.4 is 14.0 Å². The lowest BCUT2D eigenvalue weighted by atomic mass is 9.83. The van der Waals surface area contributed by atoms with Crippen LogP contribution in [0.5, 0.6) is 11.5 Å². The number of pyridine rings is 1. The fraction of sp³-hybridized carbons (Fsp3) is 0.139. The number of halogens is 4. The van der Waals surface area contributed by atoms with Gasteiger partial charge in [-0.25, -0.2) is 4.57 Å². The second-order valence-corrected chi connectivity index (χ2v) is 12.7. The number of hydrogen-bond acceptors (Lipinski definition) is 3. The molecule has 0 unspecified atom stereocenters. The van der Waals surface area contributed by atoms with E-state index in [-0.39, 0.29) is 35.6 Å². The van der Waals surface area contributed by atoms with E-state index < -0.39 is 6.97 Å². The molecule has 0 atom stereocenters. The van der Waals surface area contributed by atoms with E-state index in [1.807, 2.05) is 96.7 Å². The first-order chi connectivity index (χ1) is 22.3. The Morgan fingerprint density at radius 2 is 1.55 bits per heavy atom. The van der Waals surface area contributed by atoms with Crippen LogP contribution in [0.4, 0.5) is 14.4 Å². The maximum absolute atomic E-state index is 17.9. The molecule has 4 heterocycles. The highest BCUT2D eigenvalue weighted by Gasteiger charge is 2.56. The fourth-order valence-corrected chi connectivity index (χ4v) is 8.17. The summed E-state index contributed by atoms with van der Waals surface area (Å²) >= 11 is 2.22. The number of aliphatic imine (C=N–C) groups is 1. The monoisotopic (exact) mass is 853 g/mol. The summed E-state index contributed by atoms with van der Waals surface area (Å²) in [4.78, 5) is 5.24. The van der Waals surface area contributed by atoms with E-state index in [2.05, 4.69) is 22.6 Å². The number of hydrogen-bond donors (Lipinski definition) is 0. The van der Waals surface area contributed by atoms with Gasteiger partial charge in [0, 0.05) is 29.0 Å². The van der Waals surface area contributed by atoms with Crippen molar-refractivity contribution >= 4 is 76.5 Å². The summed E-state index contributed by atoms with van der Waals surface area (Å²) in [7, 11) is 5.14. The fourth-order valence-electron chi connectivity index (χ4n) is 7.08. The zero-order valence-electron chi connectivity index (χ0n) is 25.9. The Kier molecular flexibility index (Phi) is 8.10. The minimum Gasteiger partial charge on any atom is -0.497 e. The van der Waals surface area contributed by atoms with Crippen LogP contribution >= 0.6 is 46.6 Å². The number of allylic oxidation sites excluding steroid dienone is 1. The van der Waals surface area contributed by atoms with Crippen LogP contribution in [-0.2, 0) is 13.5 Å². The van der Waals surface area contributed by atoms with E-state index in [1.54, 1.807) is 26.4 Å².